The van der Waals surface area contributed by atoms with Gasteiger partial charge in [0, 0.05) is 44.1 Å². The van der Waals surface area contributed by atoms with Crippen molar-refractivity contribution in [3.8, 4) is 34.2 Å². The molecule has 328 valence electrons. The van der Waals surface area contributed by atoms with Gasteiger partial charge in [-0.25, -0.2) is 4.98 Å². The van der Waals surface area contributed by atoms with E-state index in [9.17, 15) is 0 Å². The maximum Gasteiger partial charge on any atom is 0.238 e. The fraction of sp³-hybridized carbons (Fsp3) is 0.0645. The molecule has 3 aromatic heterocycles. The molecule has 0 bridgehead atoms. The number of para-hydroxylation sites is 2. The van der Waals surface area contributed by atoms with Crippen molar-refractivity contribution in [2.75, 3.05) is 0 Å². The van der Waals surface area contributed by atoms with Crippen LogP contribution in [0.3, 0.4) is 0 Å². The van der Waals surface area contributed by atoms with E-state index in [1.165, 1.54) is 16.3 Å². The Kier molecular flexibility index (Phi) is 9.61. The van der Waals surface area contributed by atoms with E-state index >= 15 is 0 Å². The second kappa shape index (κ2) is 16.4. The molecule has 0 radical (unpaired) electrons. The van der Waals surface area contributed by atoms with Crippen LogP contribution in [0.15, 0.2) is 229 Å². The molecule has 7 heteroatoms. The minimum atomic E-state index is -0.754. The summed E-state index contributed by atoms with van der Waals surface area (Å²) in [6, 6.07) is 70.9. The number of nitrogens with zero attached hydrogens (tertiary/aromatic N) is 6. The van der Waals surface area contributed by atoms with Crippen molar-refractivity contribution >= 4 is 60.6 Å². The Morgan fingerprint density at radius 3 is 1.93 bits per heavy atom. The van der Waals surface area contributed by atoms with Crippen LogP contribution in [0.4, 0.5) is 0 Å². The van der Waals surface area contributed by atoms with Crippen molar-refractivity contribution in [3.05, 3.63) is 247 Å². The quantitative estimate of drug-likeness (QED) is 0.165. The Labute approximate surface area is 399 Å². The smallest absolute Gasteiger partial charge is 0.238 e. The lowest BCUT2D eigenvalue weighted by Gasteiger charge is -2.34. The van der Waals surface area contributed by atoms with Crippen LogP contribution in [-0.4, -0.2) is 29.8 Å². The molecule has 4 heterocycles. The van der Waals surface area contributed by atoms with E-state index in [2.05, 4.69) is 222 Å². The first kappa shape index (κ1) is 40.3. The predicted molar refractivity (Wildman–Crippen MR) is 284 cm³/mol. The number of aliphatic imine (C=N–C) groups is 1. The van der Waals surface area contributed by atoms with Gasteiger partial charge in [0.25, 0.3) is 0 Å². The van der Waals surface area contributed by atoms with Crippen molar-refractivity contribution in [1.82, 2.24) is 29.4 Å². The molecule has 8 aromatic carbocycles. The van der Waals surface area contributed by atoms with Gasteiger partial charge in [0.2, 0.25) is 5.95 Å². The number of hydrogen-bond donors (Lipinski definition) is 1. The average Bonchev–Trinajstić information content (AvgIpc) is 3.94. The Morgan fingerprint density at radius 2 is 1.16 bits per heavy atom. The fourth-order valence-electron chi connectivity index (χ4n) is 10.4. The fourth-order valence-corrected chi connectivity index (χ4v) is 10.4. The summed E-state index contributed by atoms with van der Waals surface area (Å²) >= 11 is 0. The standard InChI is InChI=1S/C62H45N7/c1-62(66-52(41-20-6-2-7-21-41)40-53(67-62)42-22-8-3-9-23-42)46-28-18-29-47(39-46)68-55-34-17-15-31-50(55)58-48(32-19-35-57(58)68)45-36-37-56-51(38-45)49-30-14-16-33-54(49)69(56)61-64-59(43-24-10-4-11-25-43)63-60(65-61)44-26-12-5-13-27-44/h2-12,14-26,28-40,66H,13,27H2,1H3. The molecule has 1 aliphatic heterocycles. The van der Waals surface area contributed by atoms with Gasteiger partial charge in [-0.1, -0.05) is 176 Å². The molecule has 0 amide bonds. The number of allylic oxidation sites excluding steroid dienone is 5. The zero-order valence-corrected chi connectivity index (χ0v) is 38.0. The monoisotopic (exact) mass is 887 g/mol. The molecule has 0 saturated heterocycles. The molecule has 2 aliphatic rings. The van der Waals surface area contributed by atoms with E-state index < -0.39 is 5.66 Å². The summed E-state index contributed by atoms with van der Waals surface area (Å²) in [6.07, 6.45) is 10.4. The molecule has 1 atom stereocenters. The van der Waals surface area contributed by atoms with Gasteiger partial charge in [0.05, 0.1) is 27.8 Å². The molecule has 7 nitrogen and oxygen atoms in total. The molecule has 1 unspecified atom stereocenters. The summed E-state index contributed by atoms with van der Waals surface area (Å²) in [4.78, 5) is 20.9. The van der Waals surface area contributed by atoms with E-state index in [0.29, 0.717) is 17.6 Å². The number of nitrogens with one attached hydrogen (secondary N) is 1. The van der Waals surface area contributed by atoms with Gasteiger partial charge in [-0.05, 0) is 96.1 Å². The van der Waals surface area contributed by atoms with Crippen molar-refractivity contribution in [1.29, 1.82) is 0 Å². The minimum absolute atomic E-state index is 0.604. The highest BCUT2D eigenvalue weighted by Crippen LogP contribution is 2.42. The molecule has 1 aliphatic carbocycles. The van der Waals surface area contributed by atoms with Crippen molar-refractivity contribution < 1.29 is 0 Å². The Balaban J connectivity index is 0.954. The molecule has 13 rings (SSSR count). The van der Waals surface area contributed by atoms with Gasteiger partial charge >= 0.3 is 0 Å². The first-order chi connectivity index (χ1) is 34.1. The van der Waals surface area contributed by atoms with Crippen LogP contribution in [0.1, 0.15) is 42.3 Å². The van der Waals surface area contributed by atoms with Crippen LogP contribution < -0.4 is 5.32 Å². The lowest BCUT2D eigenvalue weighted by Crippen LogP contribution is -2.40. The van der Waals surface area contributed by atoms with E-state index in [1.54, 1.807) is 0 Å². The summed E-state index contributed by atoms with van der Waals surface area (Å²) in [5.41, 5.74) is 14.2. The molecule has 0 spiro atoms. The van der Waals surface area contributed by atoms with Gasteiger partial charge < -0.3 is 9.88 Å². The summed E-state index contributed by atoms with van der Waals surface area (Å²) < 4.78 is 4.61. The highest BCUT2D eigenvalue weighted by atomic mass is 15.2. The van der Waals surface area contributed by atoms with E-state index in [4.69, 9.17) is 19.9 Å². The highest BCUT2D eigenvalue weighted by molar-refractivity contribution is 6.17. The number of rotatable bonds is 8. The highest BCUT2D eigenvalue weighted by Gasteiger charge is 2.32. The van der Waals surface area contributed by atoms with Gasteiger partial charge in [-0.2, -0.15) is 9.97 Å². The maximum absolute atomic E-state index is 5.44. The van der Waals surface area contributed by atoms with Gasteiger partial charge in [-0.3, -0.25) is 9.56 Å². The number of hydrogen-bond acceptors (Lipinski definition) is 5. The molecular formula is C62H45N7. The van der Waals surface area contributed by atoms with Crippen molar-refractivity contribution in [3.63, 3.8) is 0 Å². The molecule has 0 saturated carbocycles. The number of aromatic nitrogens is 5. The van der Waals surface area contributed by atoms with Gasteiger partial charge in [0.15, 0.2) is 17.3 Å². The summed E-state index contributed by atoms with van der Waals surface area (Å²) in [5, 5.41) is 8.51. The maximum atomic E-state index is 5.44. The lowest BCUT2D eigenvalue weighted by molar-refractivity contribution is 0.447. The van der Waals surface area contributed by atoms with Crippen LogP contribution in [0.5, 0.6) is 0 Å². The molecular weight excluding hydrogens is 843 g/mol. The number of benzene rings is 8. The SMILES string of the molecule is CC1(c2cccc(-n3c4ccccc4c4c(-c5ccc6c(c5)c5ccccc5n6-c5nc(C6=CC=CCC6)nc(-c6ccccc6)n5)cccc43)c2)N=C(c2ccccc2)C=C(c2ccccc2)N1. The largest absolute Gasteiger partial charge is 0.357 e. The zero-order chi connectivity index (χ0) is 45.9. The summed E-state index contributed by atoms with van der Waals surface area (Å²) in [6.45, 7) is 2.18. The molecule has 69 heavy (non-hydrogen) atoms. The van der Waals surface area contributed by atoms with Crippen LogP contribution in [-0.2, 0) is 5.66 Å². The number of fused-ring (bicyclic) bond motifs is 6. The predicted octanol–water partition coefficient (Wildman–Crippen LogP) is 14.4. The second-order valence-electron chi connectivity index (χ2n) is 18.0. The molecule has 11 aromatic rings. The van der Waals surface area contributed by atoms with Crippen LogP contribution in [0.2, 0.25) is 0 Å². The van der Waals surface area contributed by atoms with Crippen molar-refractivity contribution in [2.45, 2.75) is 25.4 Å². The second-order valence-corrected chi connectivity index (χ2v) is 18.0. The van der Waals surface area contributed by atoms with Crippen LogP contribution >= 0.6 is 0 Å². The minimum Gasteiger partial charge on any atom is -0.357 e. The Hall–Kier alpha value is -8.94. The summed E-state index contributed by atoms with van der Waals surface area (Å²) in [7, 11) is 0. The zero-order valence-electron chi connectivity index (χ0n) is 38.0. The van der Waals surface area contributed by atoms with E-state index in [-0.39, 0.29) is 0 Å². The first-order valence-electron chi connectivity index (χ1n) is 23.6. The van der Waals surface area contributed by atoms with E-state index in [0.717, 1.165) is 96.2 Å². The normalized spacial score (nSPS) is 15.9. The first-order valence-corrected chi connectivity index (χ1v) is 23.6. The Morgan fingerprint density at radius 1 is 0.507 bits per heavy atom. The van der Waals surface area contributed by atoms with Crippen LogP contribution in [0, 0.1) is 0 Å². The lowest BCUT2D eigenvalue weighted by atomic mass is 9.95. The van der Waals surface area contributed by atoms with Gasteiger partial charge in [-0.15, -0.1) is 0 Å². The summed E-state index contributed by atoms with van der Waals surface area (Å²) in [5.74, 6) is 1.97. The Bertz CT molecular complexity index is 3930. The third-order valence-corrected chi connectivity index (χ3v) is 13.7. The molecule has 1 N–H and O–H groups in total. The van der Waals surface area contributed by atoms with Gasteiger partial charge in [0.1, 0.15) is 0 Å². The average molecular weight is 888 g/mol. The topological polar surface area (TPSA) is 72.9 Å². The third kappa shape index (κ3) is 6.97. The van der Waals surface area contributed by atoms with E-state index in [1.807, 2.05) is 24.3 Å². The third-order valence-electron chi connectivity index (χ3n) is 13.7. The molecule has 0 fully saturated rings. The van der Waals surface area contributed by atoms with Crippen molar-refractivity contribution in [2.24, 2.45) is 4.99 Å². The van der Waals surface area contributed by atoms with Crippen LogP contribution in [0.25, 0.3) is 89.0 Å².